The summed E-state index contributed by atoms with van der Waals surface area (Å²) in [5.74, 6) is -2.41. The molecule has 2 aromatic carbocycles. The van der Waals surface area contributed by atoms with Crippen LogP contribution in [-0.4, -0.2) is 19.4 Å². The predicted molar refractivity (Wildman–Crippen MR) is 73.9 cm³/mol. The highest BCUT2D eigenvalue weighted by molar-refractivity contribution is 5.94. The topological polar surface area (TPSA) is 52.6 Å². The number of esters is 1. The van der Waals surface area contributed by atoms with E-state index < -0.39 is 17.6 Å². The third-order valence-corrected chi connectivity index (χ3v) is 2.92. The zero-order chi connectivity index (χ0) is 16.1. The molecule has 0 aromatic heterocycles. The third kappa shape index (κ3) is 3.46. The molecule has 6 heteroatoms. The van der Waals surface area contributed by atoms with Crippen LogP contribution in [0.5, 0.6) is 5.75 Å². The van der Waals surface area contributed by atoms with Crippen molar-refractivity contribution in [2.45, 2.75) is 6.61 Å². The molecule has 0 aliphatic heterocycles. The van der Waals surface area contributed by atoms with Crippen molar-refractivity contribution in [2.75, 3.05) is 7.11 Å². The number of carbonyl (C=O) groups is 2. The fourth-order valence-corrected chi connectivity index (χ4v) is 1.81. The van der Waals surface area contributed by atoms with E-state index in [1.807, 2.05) is 0 Å². The zero-order valence-electron chi connectivity index (χ0n) is 11.6. The summed E-state index contributed by atoms with van der Waals surface area (Å²) in [6, 6.07) is 7.61. The first-order valence-electron chi connectivity index (χ1n) is 6.29. The van der Waals surface area contributed by atoms with E-state index in [9.17, 15) is 18.4 Å². The minimum atomic E-state index is -0.981. The predicted octanol–water partition coefficient (Wildman–Crippen LogP) is 3.14. The Morgan fingerprint density at radius 3 is 2.55 bits per heavy atom. The second-order valence-electron chi connectivity index (χ2n) is 4.40. The number of hydrogen-bond acceptors (Lipinski definition) is 4. The highest BCUT2D eigenvalue weighted by atomic mass is 19.2. The average molecular weight is 306 g/mol. The van der Waals surface area contributed by atoms with Crippen molar-refractivity contribution in [3.63, 3.8) is 0 Å². The lowest BCUT2D eigenvalue weighted by molar-refractivity contribution is 0.0595. The maximum atomic E-state index is 13.1. The van der Waals surface area contributed by atoms with Gasteiger partial charge < -0.3 is 9.47 Å². The van der Waals surface area contributed by atoms with Gasteiger partial charge in [-0.05, 0) is 35.9 Å². The zero-order valence-corrected chi connectivity index (χ0v) is 11.6. The average Bonchev–Trinajstić information content (AvgIpc) is 2.55. The van der Waals surface area contributed by atoms with Crippen LogP contribution >= 0.6 is 0 Å². The number of aldehydes is 1. The summed E-state index contributed by atoms with van der Waals surface area (Å²) >= 11 is 0. The Balaban J connectivity index is 2.23. The highest BCUT2D eigenvalue weighted by Crippen LogP contribution is 2.22. The molecule has 0 unspecified atom stereocenters. The van der Waals surface area contributed by atoms with Crippen molar-refractivity contribution in [3.05, 3.63) is 64.7 Å². The van der Waals surface area contributed by atoms with Crippen molar-refractivity contribution in [1.29, 1.82) is 0 Å². The van der Waals surface area contributed by atoms with E-state index in [4.69, 9.17) is 4.74 Å². The highest BCUT2D eigenvalue weighted by Gasteiger charge is 2.14. The van der Waals surface area contributed by atoms with Gasteiger partial charge in [0.25, 0.3) is 0 Å². The molecule has 22 heavy (non-hydrogen) atoms. The van der Waals surface area contributed by atoms with Gasteiger partial charge in [0.15, 0.2) is 11.6 Å². The third-order valence-electron chi connectivity index (χ3n) is 2.92. The van der Waals surface area contributed by atoms with Crippen LogP contribution in [0, 0.1) is 11.6 Å². The van der Waals surface area contributed by atoms with Crippen LogP contribution in [0.15, 0.2) is 36.4 Å². The lowest BCUT2D eigenvalue weighted by Crippen LogP contribution is -2.07. The smallest absolute Gasteiger partial charge is 0.341 e. The molecule has 0 atom stereocenters. The van der Waals surface area contributed by atoms with Gasteiger partial charge >= 0.3 is 5.97 Å². The van der Waals surface area contributed by atoms with Gasteiger partial charge in [0, 0.05) is 5.56 Å². The van der Waals surface area contributed by atoms with Gasteiger partial charge in [-0.1, -0.05) is 6.07 Å². The molecule has 0 N–H and O–H groups in total. The van der Waals surface area contributed by atoms with Crippen molar-refractivity contribution in [3.8, 4) is 5.75 Å². The summed E-state index contributed by atoms with van der Waals surface area (Å²) in [5, 5.41) is 0. The molecular weight excluding hydrogens is 294 g/mol. The Morgan fingerprint density at radius 2 is 1.91 bits per heavy atom. The van der Waals surface area contributed by atoms with Gasteiger partial charge in [0.05, 0.1) is 7.11 Å². The standard InChI is InChI=1S/C16H12F2O4/c1-21-16(20)12-6-10(8-19)3-5-15(12)22-9-11-2-4-13(17)14(18)7-11/h2-8H,9H2,1H3. The van der Waals surface area contributed by atoms with Crippen molar-refractivity contribution < 1.29 is 27.8 Å². The fourth-order valence-electron chi connectivity index (χ4n) is 1.81. The molecule has 0 aliphatic carbocycles. The minimum absolute atomic E-state index is 0.0678. The molecule has 0 fully saturated rings. The molecule has 0 spiro atoms. The van der Waals surface area contributed by atoms with E-state index in [1.165, 1.54) is 31.4 Å². The van der Waals surface area contributed by atoms with Crippen LogP contribution in [0.25, 0.3) is 0 Å². The van der Waals surface area contributed by atoms with E-state index in [-0.39, 0.29) is 17.9 Å². The Labute approximate surface area is 125 Å². The molecule has 0 aliphatic rings. The van der Waals surface area contributed by atoms with E-state index in [0.29, 0.717) is 17.4 Å². The van der Waals surface area contributed by atoms with Crippen molar-refractivity contribution >= 4 is 12.3 Å². The van der Waals surface area contributed by atoms with E-state index in [2.05, 4.69) is 4.74 Å². The molecular formula is C16H12F2O4. The number of hydrogen-bond donors (Lipinski definition) is 0. The van der Waals surface area contributed by atoms with E-state index in [0.717, 1.165) is 12.1 Å². The molecule has 0 amide bonds. The largest absolute Gasteiger partial charge is 0.488 e. The summed E-state index contributed by atoms with van der Waals surface area (Å²) in [6.45, 7) is -0.0678. The van der Waals surface area contributed by atoms with Gasteiger partial charge in [0.1, 0.15) is 24.2 Å². The second-order valence-corrected chi connectivity index (χ2v) is 4.40. The molecule has 0 saturated carbocycles. The molecule has 2 rings (SSSR count). The SMILES string of the molecule is COC(=O)c1cc(C=O)ccc1OCc1ccc(F)c(F)c1. The summed E-state index contributed by atoms with van der Waals surface area (Å²) < 4.78 is 36.0. The van der Waals surface area contributed by atoms with Gasteiger partial charge in [-0.3, -0.25) is 4.79 Å². The van der Waals surface area contributed by atoms with Crippen LogP contribution in [0.2, 0.25) is 0 Å². The van der Waals surface area contributed by atoms with E-state index in [1.54, 1.807) is 0 Å². The van der Waals surface area contributed by atoms with Crippen LogP contribution in [-0.2, 0) is 11.3 Å². The first-order chi connectivity index (χ1) is 10.5. The summed E-state index contributed by atoms with van der Waals surface area (Å²) in [7, 11) is 1.20. The quantitative estimate of drug-likeness (QED) is 0.629. The monoisotopic (exact) mass is 306 g/mol. The van der Waals surface area contributed by atoms with E-state index >= 15 is 0 Å². The minimum Gasteiger partial charge on any atom is -0.488 e. The maximum Gasteiger partial charge on any atom is 0.341 e. The number of ether oxygens (including phenoxy) is 2. The summed E-state index contributed by atoms with van der Waals surface area (Å²) in [4.78, 5) is 22.4. The Morgan fingerprint density at radius 1 is 1.14 bits per heavy atom. The molecule has 4 nitrogen and oxygen atoms in total. The first-order valence-corrected chi connectivity index (χ1v) is 6.29. The maximum absolute atomic E-state index is 13.1. The number of carbonyl (C=O) groups excluding carboxylic acids is 2. The van der Waals surface area contributed by atoms with Crippen LogP contribution < -0.4 is 4.74 Å². The first kappa shape index (κ1) is 15.6. The lowest BCUT2D eigenvalue weighted by Gasteiger charge is -2.11. The van der Waals surface area contributed by atoms with Gasteiger partial charge in [-0.25, -0.2) is 13.6 Å². The molecule has 114 valence electrons. The van der Waals surface area contributed by atoms with Crippen LogP contribution in [0.4, 0.5) is 8.78 Å². The van der Waals surface area contributed by atoms with Gasteiger partial charge in [0.2, 0.25) is 0 Å². The lowest BCUT2D eigenvalue weighted by atomic mass is 10.1. The second kappa shape index (κ2) is 6.80. The number of rotatable bonds is 5. The molecule has 2 aromatic rings. The molecule has 0 heterocycles. The van der Waals surface area contributed by atoms with Gasteiger partial charge in [-0.15, -0.1) is 0 Å². The molecule has 0 bridgehead atoms. The number of halogens is 2. The Hall–Kier alpha value is -2.76. The Kier molecular flexibility index (Phi) is 4.83. The number of benzene rings is 2. The molecule has 0 saturated heterocycles. The normalized spacial score (nSPS) is 10.1. The summed E-state index contributed by atoms with van der Waals surface area (Å²) in [6.07, 6.45) is 0.589. The fraction of sp³-hybridized carbons (Fsp3) is 0.125. The van der Waals surface area contributed by atoms with Gasteiger partial charge in [-0.2, -0.15) is 0 Å². The van der Waals surface area contributed by atoms with Crippen LogP contribution in [0.3, 0.4) is 0 Å². The summed E-state index contributed by atoms with van der Waals surface area (Å²) in [5.41, 5.74) is 0.768. The molecule has 0 radical (unpaired) electrons. The Bertz CT molecular complexity index is 713. The number of methoxy groups -OCH3 is 1. The van der Waals surface area contributed by atoms with Crippen molar-refractivity contribution in [1.82, 2.24) is 0 Å². The van der Waals surface area contributed by atoms with Crippen molar-refractivity contribution in [2.24, 2.45) is 0 Å². The van der Waals surface area contributed by atoms with Crippen LogP contribution in [0.1, 0.15) is 26.3 Å².